The quantitative estimate of drug-likeness (QED) is 0.617. The van der Waals surface area contributed by atoms with Crippen LogP contribution in [-0.2, 0) is 11.2 Å². The summed E-state index contributed by atoms with van der Waals surface area (Å²) in [7, 11) is 0. The lowest BCUT2D eigenvalue weighted by Crippen LogP contribution is -2.52. The van der Waals surface area contributed by atoms with Gasteiger partial charge >= 0.3 is 0 Å². The van der Waals surface area contributed by atoms with Gasteiger partial charge in [-0.3, -0.25) is 4.79 Å². The second kappa shape index (κ2) is 2.57. The molecule has 0 saturated heterocycles. The molecular weight excluding hydrogens is 164 g/mol. The lowest BCUT2D eigenvalue weighted by atomic mass is 9.88. The zero-order valence-corrected chi connectivity index (χ0v) is 7.50. The van der Waals surface area contributed by atoms with Crippen molar-refractivity contribution in [1.29, 1.82) is 0 Å². The van der Waals surface area contributed by atoms with Crippen LogP contribution in [0.2, 0.25) is 0 Å². The van der Waals surface area contributed by atoms with E-state index in [1.807, 2.05) is 24.3 Å². The second-order valence-electron chi connectivity index (χ2n) is 3.71. The van der Waals surface area contributed by atoms with Crippen molar-refractivity contribution in [2.24, 2.45) is 5.73 Å². The number of fused-ring (bicyclic) bond motifs is 1. The van der Waals surface area contributed by atoms with Crippen molar-refractivity contribution in [3.05, 3.63) is 29.8 Å². The van der Waals surface area contributed by atoms with Crippen LogP contribution in [0.25, 0.3) is 0 Å². The smallest absolute Gasteiger partial charge is 0.244 e. The molecule has 3 N–H and O–H groups in total. The second-order valence-corrected chi connectivity index (χ2v) is 3.71. The standard InChI is InChI=1S/C10H12N2O/c1-10(11)6-7-4-2-3-5-8(7)12-9(10)13/h2-5H,6,11H2,1H3,(H,12,13). The molecule has 1 atom stereocenters. The highest BCUT2D eigenvalue weighted by Gasteiger charge is 2.33. The fourth-order valence-corrected chi connectivity index (χ4v) is 1.54. The molecule has 0 fully saturated rings. The fraction of sp³-hybridized carbons (Fsp3) is 0.300. The van der Waals surface area contributed by atoms with Gasteiger partial charge in [-0.1, -0.05) is 18.2 Å². The van der Waals surface area contributed by atoms with Gasteiger partial charge in [0.2, 0.25) is 5.91 Å². The number of para-hydroxylation sites is 1. The summed E-state index contributed by atoms with van der Waals surface area (Å²) in [5.74, 6) is -0.105. The minimum absolute atomic E-state index is 0.105. The highest BCUT2D eigenvalue weighted by molar-refractivity contribution is 6.00. The zero-order chi connectivity index (χ0) is 9.47. The topological polar surface area (TPSA) is 55.1 Å². The summed E-state index contributed by atoms with van der Waals surface area (Å²) in [4.78, 5) is 11.4. The maximum absolute atomic E-state index is 11.4. The molecule has 1 heterocycles. The molecule has 3 heteroatoms. The summed E-state index contributed by atoms with van der Waals surface area (Å²) < 4.78 is 0. The number of nitrogens with two attached hydrogens (primary N) is 1. The van der Waals surface area contributed by atoms with Crippen LogP contribution in [0.5, 0.6) is 0 Å². The Morgan fingerprint density at radius 1 is 1.46 bits per heavy atom. The molecule has 1 aromatic rings. The van der Waals surface area contributed by atoms with Crippen LogP contribution in [0.15, 0.2) is 24.3 Å². The van der Waals surface area contributed by atoms with E-state index in [-0.39, 0.29) is 5.91 Å². The van der Waals surface area contributed by atoms with Crippen molar-refractivity contribution in [2.75, 3.05) is 5.32 Å². The molecule has 0 spiro atoms. The first-order valence-corrected chi connectivity index (χ1v) is 4.28. The lowest BCUT2D eigenvalue weighted by Gasteiger charge is -2.30. The van der Waals surface area contributed by atoms with Gasteiger partial charge in [0.15, 0.2) is 0 Å². The first-order chi connectivity index (χ1) is 6.09. The predicted octanol–water partition coefficient (Wildman–Crippen LogP) is 0.899. The van der Waals surface area contributed by atoms with Gasteiger partial charge in [0.05, 0.1) is 5.54 Å². The Morgan fingerprint density at radius 3 is 2.92 bits per heavy atom. The third-order valence-electron chi connectivity index (χ3n) is 2.34. The number of rotatable bonds is 0. The Bertz CT molecular complexity index is 358. The molecule has 1 amide bonds. The van der Waals surface area contributed by atoms with Crippen LogP contribution >= 0.6 is 0 Å². The number of nitrogens with one attached hydrogen (secondary N) is 1. The lowest BCUT2D eigenvalue weighted by molar-refractivity contribution is -0.120. The van der Waals surface area contributed by atoms with Crippen LogP contribution in [0.4, 0.5) is 5.69 Å². The number of hydrogen-bond donors (Lipinski definition) is 2. The maximum atomic E-state index is 11.4. The van der Waals surface area contributed by atoms with Gasteiger partial charge in [-0.15, -0.1) is 0 Å². The van der Waals surface area contributed by atoms with Gasteiger partial charge in [0, 0.05) is 12.1 Å². The van der Waals surface area contributed by atoms with Crippen LogP contribution in [0.1, 0.15) is 12.5 Å². The van der Waals surface area contributed by atoms with Crippen molar-refractivity contribution < 1.29 is 4.79 Å². The van der Waals surface area contributed by atoms with E-state index in [4.69, 9.17) is 5.73 Å². The molecule has 3 nitrogen and oxygen atoms in total. The zero-order valence-electron chi connectivity index (χ0n) is 7.50. The summed E-state index contributed by atoms with van der Waals surface area (Å²) in [5.41, 5.74) is 7.04. The van der Waals surface area contributed by atoms with Gasteiger partial charge in [-0.05, 0) is 18.6 Å². The predicted molar refractivity (Wildman–Crippen MR) is 51.4 cm³/mol. The van der Waals surface area contributed by atoms with E-state index >= 15 is 0 Å². The average Bonchev–Trinajstić information content (AvgIpc) is 2.06. The normalized spacial score (nSPS) is 26.5. The number of carbonyl (C=O) groups excluding carboxylic acids is 1. The van der Waals surface area contributed by atoms with Crippen molar-refractivity contribution in [1.82, 2.24) is 0 Å². The summed E-state index contributed by atoms with van der Waals surface area (Å²) in [6.45, 7) is 1.75. The Kier molecular flexibility index (Phi) is 1.63. The van der Waals surface area contributed by atoms with Crippen molar-refractivity contribution in [3.63, 3.8) is 0 Å². The average molecular weight is 176 g/mol. The highest BCUT2D eigenvalue weighted by Crippen LogP contribution is 2.25. The Balaban J connectivity index is 2.44. The maximum Gasteiger partial charge on any atom is 0.244 e. The van der Waals surface area contributed by atoms with Gasteiger partial charge in [-0.2, -0.15) is 0 Å². The number of benzene rings is 1. The molecule has 1 aliphatic rings. The van der Waals surface area contributed by atoms with E-state index in [9.17, 15) is 4.79 Å². The monoisotopic (exact) mass is 176 g/mol. The molecule has 0 bridgehead atoms. The van der Waals surface area contributed by atoms with Crippen LogP contribution in [0, 0.1) is 0 Å². The number of hydrogen-bond acceptors (Lipinski definition) is 2. The Labute approximate surface area is 76.9 Å². The van der Waals surface area contributed by atoms with E-state index in [0.717, 1.165) is 11.3 Å². The van der Waals surface area contributed by atoms with Gasteiger partial charge in [0.1, 0.15) is 0 Å². The third-order valence-corrected chi connectivity index (χ3v) is 2.34. The summed E-state index contributed by atoms with van der Waals surface area (Å²) in [6, 6.07) is 7.73. The van der Waals surface area contributed by atoms with Crippen molar-refractivity contribution >= 4 is 11.6 Å². The molecule has 2 rings (SSSR count). The highest BCUT2D eigenvalue weighted by atomic mass is 16.2. The van der Waals surface area contributed by atoms with Crippen LogP contribution < -0.4 is 11.1 Å². The van der Waals surface area contributed by atoms with Crippen LogP contribution in [-0.4, -0.2) is 11.4 Å². The Morgan fingerprint density at radius 2 is 2.15 bits per heavy atom. The minimum Gasteiger partial charge on any atom is -0.324 e. The van der Waals surface area contributed by atoms with Crippen molar-refractivity contribution in [3.8, 4) is 0 Å². The Hall–Kier alpha value is -1.35. The molecule has 1 aliphatic heterocycles. The van der Waals surface area contributed by atoms with Crippen molar-refractivity contribution in [2.45, 2.75) is 18.9 Å². The van der Waals surface area contributed by atoms with E-state index in [0.29, 0.717) is 6.42 Å². The van der Waals surface area contributed by atoms with Gasteiger partial charge in [-0.25, -0.2) is 0 Å². The largest absolute Gasteiger partial charge is 0.324 e. The molecule has 0 saturated carbocycles. The number of amides is 1. The minimum atomic E-state index is -0.769. The molecule has 1 aromatic carbocycles. The SMILES string of the molecule is CC1(N)Cc2ccccc2NC1=O. The summed E-state index contributed by atoms with van der Waals surface area (Å²) in [6.07, 6.45) is 0.606. The van der Waals surface area contributed by atoms with Gasteiger partial charge < -0.3 is 11.1 Å². The molecular formula is C10H12N2O. The number of anilines is 1. The molecule has 1 unspecified atom stereocenters. The summed E-state index contributed by atoms with van der Waals surface area (Å²) >= 11 is 0. The molecule has 0 radical (unpaired) electrons. The molecule has 0 aromatic heterocycles. The first kappa shape index (κ1) is 8.26. The first-order valence-electron chi connectivity index (χ1n) is 4.28. The fourth-order valence-electron chi connectivity index (χ4n) is 1.54. The van der Waals surface area contributed by atoms with E-state index in [1.54, 1.807) is 6.92 Å². The molecule has 13 heavy (non-hydrogen) atoms. The van der Waals surface area contributed by atoms with Crippen LogP contribution in [0.3, 0.4) is 0 Å². The van der Waals surface area contributed by atoms with E-state index < -0.39 is 5.54 Å². The third kappa shape index (κ3) is 1.31. The summed E-state index contributed by atoms with van der Waals surface area (Å²) in [5, 5.41) is 2.79. The number of carbonyl (C=O) groups is 1. The molecule has 68 valence electrons. The van der Waals surface area contributed by atoms with Gasteiger partial charge in [0.25, 0.3) is 0 Å². The van der Waals surface area contributed by atoms with E-state index in [1.165, 1.54) is 0 Å². The van der Waals surface area contributed by atoms with E-state index in [2.05, 4.69) is 5.32 Å². The molecule has 0 aliphatic carbocycles.